The molecule has 146 valence electrons. The number of anilines is 2. The van der Waals surface area contributed by atoms with Crippen LogP contribution in [-0.4, -0.2) is 19.9 Å². The van der Waals surface area contributed by atoms with E-state index in [1.807, 2.05) is 48.5 Å². The SMILES string of the molecule is Clc1ccc(-c2nccnc2Oc2ccc(Nc3nc4ccccc4s3)cc2)cn1. The second-order valence-corrected chi connectivity index (χ2v) is 7.74. The molecule has 8 heteroatoms. The van der Waals surface area contributed by atoms with Crippen LogP contribution in [0.5, 0.6) is 11.6 Å². The maximum atomic E-state index is 5.97. The highest BCUT2D eigenvalue weighted by atomic mass is 35.5. The summed E-state index contributed by atoms with van der Waals surface area (Å²) in [6, 6.07) is 19.2. The molecule has 0 atom stereocenters. The van der Waals surface area contributed by atoms with Crippen LogP contribution in [0, 0.1) is 0 Å². The summed E-state index contributed by atoms with van der Waals surface area (Å²) in [5.74, 6) is 1.04. The van der Waals surface area contributed by atoms with Gasteiger partial charge in [-0.3, -0.25) is 0 Å². The van der Waals surface area contributed by atoms with E-state index in [4.69, 9.17) is 16.3 Å². The fraction of sp³-hybridized carbons (Fsp3) is 0. The van der Waals surface area contributed by atoms with Crippen molar-refractivity contribution in [3.8, 4) is 22.9 Å². The first-order chi connectivity index (χ1) is 14.7. The third-order valence-electron chi connectivity index (χ3n) is 4.28. The van der Waals surface area contributed by atoms with Crippen molar-refractivity contribution in [1.82, 2.24) is 19.9 Å². The summed E-state index contributed by atoms with van der Waals surface area (Å²) < 4.78 is 7.12. The molecule has 5 aromatic rings. The molecule has 0 spiro atoms. The maximum Gasteiger partial charge on any atom is 0.246 e. The number of benzene rings is 2. The molecule has 6 nitrogen and oxygen atoms in total. The lowest BCUT2D eigenvalue weighted by atomic mass is 10.2. The van der Waals surface area contributed by atoms with Gasteiger partial charge in [-0.15, -0.1) is 0 Å². The lowest BCUT2D eigenvalue weighted by Gasteiger charge is -2.10. The number of para-hydroxylation sites is 1. The fourth-order valence-corrected chi connectivity index (χ4v) is 3.88. The minimum atomic E-state index is 0.397. The Kier molecular flexibility index (Phi) is 4.96. The number of halogens is 1. The van der Waals surface area contributed by atoms with E-state index in [9.17, 15) is 0 Å². The number of fused-ring (bicyclic) bond motifs is 1. The van der Waals surface area contributed by atoms with Crippen LogP contribution in [0.2, 0.25) is 5.15 Å². The second-order valence-electron chi connectivity index (χ2n) is 6.32. The Balaban J connectivity index is 1.35. The van der Waals surface area contributed by atoms with E-state index in [1.165, 1.54) is 0 Å². The Labute approximate surface area is 181 Å². The molecule has 0 bridgehead atoms. The van der Waals surface area contributed by atoms with Gasteiger partial charge in [-0.25, -0.2) is 19.9 Å². The summed E-state index contributed by atoms with van der Waals surface area (Å²) in [7, 11) is 0. The van der Waals surface area contributed by atoms with Gasteiger partial charge in [-0.05, 0) is 48.5 Å². The van der Waals surface area contributed by atoms with Gasteiger partial charge in [-0.1, -0.05) is 35.1 Å². The molecule has 3 aromatic heterocycles. The normalized spacial score (nSPS) is 10.8. The third kappa shape index (κ3) is 3.94. The lowest BCUT2D eigenvalue weighted by molar-refractivity contribution is 0.462. The van der Waals surface area contributed by atoms with Crippen molar-refractivity contribution >= 4 is 44.0 Å². The van der Waals surface area contributed by atoms with Crippen molar-refractivity contribution in [2.24, 2.45) is 0 Å². The number of hydrogen-bond acceptors (Lipinski definition) is 7. The zero-order valence-electron chi connectivity index (χ0n) is 15.5. The second kappa shape index (κ2) is 8.06. The summed E-state index contributed by atoms with van der Waals surface area (Å²) in [6.45, 7) is 0. The van der Waals surface area contributed by atoms with Crippen LogP contribution in [0.4, 0.5) is 10.8 Å². The highest BCUT2D eigenvalue weighted by Crippen LogP contribution is 2.31. The molecule has 0 aliphatic carbocycles. The molecule has 5 rings (SSSR count). The Morgan fingerprint density at radius 1 is 0.867 bits per heavy atom. The van der Waals surface area contributed by atoms with E-state index >= 15 is 0 Å². The van der Waals surface area contributed by atoms with Gasteiger partial charge < -0.3 is 10.1 Å². The summed E-state index contributed by atoms with van der Waals surface area (Å²) in [5, 5.41) is 4.59. The van der Waals surface area contributed by atoms with Crippen LogP contribution in [0.25, 0.3) is 21.5 Å². The minimum Gasteiger partial charge on any atom is -0.437 e. The van der Waals surface area contributed by atoms with Crippen LogP contribution in [0.15, 0.2) is 79.3 Å². The summed E-state index contributed by atoms with van der Waals surface area (Å²) in [4.78, 5) is 17.4. The van der Waals surface area contributed by atoms with Gasteiger partial charge in [0.1, 0.15) is 16.6 Å². The standard InChI is InChI=1S/C22H14ClN5OS/c23-19-10-5-14(13-26-19)20-21(25-12-11-24-20)29-16-8-6-15(7-9-16)27-22-28-17-3-1-2-4-18(17)30-22/h1-13H,(H,27,28). The van der Waals surface area contributed by atoms with Gasteiger partial charge in [0.05, 0.1) is 10.2 Å². The van der Waals surface area contributed by atoms with Gasteiger partial charge in [0.2, 0.25) is 5.88 Å². The number of aromatic nitrogens is 4. The molecule has 30 heavy (non-hydrogen) atoms. The predicted molar refractivity (Wildman–Crippen MR) is 120 cm³/mol. The fourth-order valence-electron chi connectivity index (χ4n) is 2.88. The average Bonchev–Trinajstić information content (AvgIpc) is 3.18. The summed E-state index contributed by atoms with van der Waals surface area (Å²) in [5.41, 5.74) is 3.27. The molecule has 0 saturated carbocycles. The molecular weight excluding hydrogens is 418 g/mol. The van der Waals surface area contributed by atoms with Crippen molar-refractivity contribution in [2.45, 2.75) is 0 Å². The lowest BCUT2D eigenvalue weighted by Crippen LogP contribution is -1.95. The molecule has 0 saturated heterocycles. The topological polar surface area (TPSA) is 72.8 Å². The molecule has 0 aliphatic rings. The number of hydrogen-bond donors (Lipinski definition) is 1. The van der Waals surface area contributed by atoms with E-state index in [-0.39, 0.29) is 0 Å². The van der Waals surface area contributed by atoms with E-state index in [0.29, 0.717) is 22.5 Å². The zero-order chi connectivity index (χ0) is 20.3. The monoisotopic (exact) mass is 431 g/mol. The van der Waals surface area contributed by atoms with Crippen molar-refractivity contribution in [2.75, 3.05) is 5.32 Å². The Hall–Kier alpha value is -3.55. The van der Waals surface area contributed by atoms with E-state index in [0.717, 1.165) is 26.6 Å². The minimum absolute atomic E-state index is 0.397. The van der Waals surface area contributed by atoms with Gasteiger partial charge in [0.15, 0.2) is 5.13 Å². The Morgan fingerprint density at radius 2 is 1.70 bits per heavy atom. The highest BCUT2D eigenvalue weighted by molar-refractivity contribution is 7.22. The maximum absolute atomic E-state index is 5.97. The first kappa shape index (κ1) is 18.5. The first-order valence-corrected chi connectivity index (χ1v) is 10.3. The molecule has 0 radical (unpaired) electrons. The van der Waals surface area contributed by atoms with Gasteiger partial charge >= 0.3 is 0 Å². The number of nitrogens with zero attached hydrogens (tertiary/aromatic N) is 4. The molecule has 3 heterocycles. The molecular formula is C22H14ClN5OS. The predicted octanol–water partition coefficient (Wildman–Crippen LogP) is 6.34. The number of thiazole rings is 1. The van der Waals surface area contributed by atoms with Gasteiger partial charge in [0, 0.05) is 29.8 Å². The van der Waals surface area contributed by atoms with E-state index in [1.54, 1.807) is 36.0 Å². The van der Waals surface area contributed by atoms with Crippen LogP contribution < -0.4 is 10.1 Å². The molecule has 1 N–H and O–H groups in total. The molecule has 2 aromatic carbocycles. The summed E-state index contributed by atoms with van der Waals surface area (Å²) >= 11 is 7.49. The third-order valence-corrected chi connectivity index (χ3v) is 5.45. The van der Waals surface area contributed by atoms with E-state index < -0.39 is 0 Å². The van der Waals surface area contributed by atoms with Crippen LogP contribution in [-0.2, 0) is 0 Å². The molecule has 0 aliphatic heterocycles. The molecule has 0 amide bonds. The van der Waals surface area contributed by atoms with Gasteiger partial charge in [0.25, 0.3) is 0 Å². The van der Waals surface area contributed by atoms with Crippen molar-refractivity contribution in [1.29, 1.82) is 0 Å². The largest absolute Gasteiger partial charge is 0.437 e. The van der Waals surface area contributed by atoms with Crippen LogP contribution in [0.1, 0.15) is 0 Å². The van der Waals surface area contributed by atoms with Crippen LogP contribution in [0.3, 0.4) is 0 Å². The number of nitrogens with one attached hydrogen (secondary N) is 1. The van der Waals surface area contributed by atoms with Crippen molar-refractivity contribution in [3.05, 3.63) is 84.4 Å². The number of rotatable bonds is 5. The summed E-state index contributed by atoms with van der Waals surface area (Å²) in [6.07, 6.45) is 4.84. The van der Waals surface area contributed by atoms with E-state index in [2.05, 4.69) is 31.3 Å². The zero-order valence-corrected chi connectivity index (χ0v) is 17.1. The molecule has 0 unspecified atom stereocenters. The number of pyridine rings is 1. The Morgan fingerprint density at radius 3 is 2.50 bits per heavy atom. The first-order valence-electron chi connectivity index (χ1n) is 9.08. The number of ether oxygens (including phenoxy) is 1. The van der Waals surface area contributed by atoms with Gasteiger partial charge in [-0.2, -0.15) is 0 Å². The highest BCUT2D eigenvalue weighted by Gasteiger charge is 2.11. The van der Waals surface area contributed by atoms with Crippen molar-refractivity contribution < 1.29 is 4.74 Å². The molecule has 0 fully saturated rings. The Bertz CT molecular complexity index is 1270. The quantitative estimate of drug-likeness (QED) is 0.327. The van der Waals surface area contributed by atoms with Crippen molar-refractivity contribution in [3.63, 3.8) is 0 Å². The smallest absolute Gasteiger partial charge is 0.246 e. The van der Waals surface area contributed by atoms with Crippen LogP contribution >= 0.6 is 22.9 Å². The average molecular weight is 432 g/mol.